The normalized spacial score (nSPS) is 10.5. The zero-order valence-corrected chi connectivity index (χ0v) is 8.56. The number of halogens is 2. The second kappa shape index (κ2) is 3.08. The first-order chi connectivity index (χ1) is 5.75. The summed E-state index contributed by atoms with van der Waals surface area (Å²) in [6.45, 7) is 0. The minimum Gasteiger partial charge on any atom is -0.0843 e. The van der Waals surface area contributed by atoms with Crippen LogP contribution >= 0.6 is 27.5 Å². The van der Waals surface area contributed by atoms with Crippen LogP contribution in [0.1, 0.15) is 0 Å². The van der Waals surface area contributed by atoms with E-state index in [-0.39, 0.29) is 0 Å². The van der Waals surface area contributed by atoms with Gasteiger partial charge in [0.1, 0.15) is 0 Å². The highest BCUT2D eigenvalue weighted by Crippen LogP contribution is 2.22. The van der Waals surface area contributed by atoms with Crippen LogP contribution in [-0.2, 0) is 0 Å². The Labute approximate surface area is 84.3 Å². The van der Waals surface area contributed by atoms with E-state index in [2.05, 4.69) is 28.1 Å². The molecule has 0 aliphatic heterocycles. The zero-order chi connectivity index (χ0) is 8.55. The van der Waals surface area contributed by atoms with Crippen molar-refractivity contribution >= 4 is 38.3 Å². The molecule has 0 atom stereocenters. The fraction of sp³-hybridized carbons (Fsp3) is 0. The van der Waals surface area contributed by atoms with Crippen LogP contribution in [0.2, 0.25) is 5.02 Å². The predicted molar refractivity (Wildman–Crippen MR) is 56.7 cm³/mol. The summed E-state index contributed by atoms with van der Waals surface area (Å²) >= 11 is 9.27. The Morgan fingerprint density at radius 3 is 2.50 bits per heavy atom. The molecule has 0 saturated carbocycles. The number of fused-ring (bicyclic) bond motifs is 1. The van der Waals surface area contributed by atoms with Crippen molar-refractivity contribution in [1.82, 2.24) is 0 Å². The number of benzene rings is 2. The average molecular weight is 242 g/mol. The van der Waals surface area contributed by atoms with E-state index >= 15 is 0 Å². The van der Waals surface area contributed by atoms with Gasteiger partial charge in [0.15, 0.2) is 0 Å². The summed E-state index contributed by atoms with van der Waals surface area (Å²) < 4.78 is 1.08. The van der Waals surface area contributed by atoms with Gasteiger partial charge in [0.25, 0.3) is 0 Å². The lowest BCUT2D eigenvalue weighted by atomic mass is 10.1. The molecule has 0 N–H and O–H groups in total. The van der Waals surface area contributed by atoms with Gasteiger partial charge in [-0.2, -0.15) is 0 Å². The van der Waals surface area contributed by atoms with Crippen molar-refractivity contribution in [3.63, 3.8) is 0 Å². The maximum absolute atomic E-state index is 5.86. The van der Waals surface area contributed by atoms with Crippen molar-refractivity contribution in [1.29, 1.82) is 0 Å². The summed E-state index contributed by atoms with van der Waals surface area (Å²) in [7, 11) is 0. The van der Waals surface area contributed by atoms with Gasteiger partial charge < -0.3 is 0 Å². The Balaban J connectivity index is 2.80. The highest BCUT2D eigenvalue weighted by Gasteiger charge is 1.94. The monoisotopic (exact) mass is 240 g/mol. The summed E-state index contributed by atoms with van der Waals surface area (Å²) in [6, 6.07) is 12.0. The van der Waals surface area contributed by atoms with Gasteiger partial charge in [-0.15, -0.1) is 0 Å². The predicted octanol–water partition coefficient (Wildman–Crippen LogP) is 4.26. The van der Waals surface area contributed by atoms with E-state index in [4.69, 9.17) is 11.6 Å². The average Bonchev–Trinajstić information content (AvgIpc) is 2.03. The molecular formula is C10H6BrCl. The van der Waals surface area contributed by atoms with Crippen LogP contribution in [0, 0.1) is 0 Å². The van der Waals surface area contributed by atoms with E-state index < -0.39 is 0 Å². The van der Waals surface area contributed by atoms with Crippen molar-refractivity contribution in [2.75, 3.05) is 0 Å². The zero-order valence-electron chi connectivity index (χ0n) is 6.22. The van der Waals surface area contributed by atoms with Crippen LogP contribution in [0.4, 0.5) is 0 Å². The standard InChI is InChI=1S/C10H6BrCl/c11-9-3-1-7-2-4-10(12)6-8(7)5-9/h1-6H. The van der Waals surface area contributed by atoms with Crippen LogP contribution in [0.3, 0.4) is 0 Å². The third-order valence-corrected chi connectivity index (χ3v) is 2.49. The molecule has 2 heteroatoms. The highest BCUT2D eigenvalue weighted by molar-refractivity contribution is 9.10. The van der Waals surface area contributed by atoms with Crippen LogP contribution in [-0.4, -0.2) is 0 Å². The molecule has 0 aliphatic carbocycles. The molecule has 2 aromatic rings. The van der Waals surface area contributed by atoms with Gasteiger partial charge >= 0.3 is 0 Å². The molecule has 2 aromatic carbocycles. The summed E-state index contributed by atoms with van der Waals surface area (Å²) in [6.07, 6.45) is 0. The largest absolute Gasteiger partial charge is 0.0843 e. The smallest absolute Gasteiger partial charge is 0.0412 e. The Bertz CT molecular complexity index is 386. The number of hydrogen-bond donors (Lipinski definition) is 0. The van der Waals surface area contributed by atoms with Crippen LogP contribution < -0.4 is 0 Å². The topological polar surface area (TPSA) is 0 Å². The van der Waals surface area contributed by atoms with Crippen LogP contribution in [0.25, 0.3) is 10.8 Å². The third-order valence-electron chi connectivity index (χ3n) is 1.76. The summed E-state index contributed by atoms with van der Waals surface area (Å²) in [4.78, 5) is 0. The second-order valence-electron chi connectivity index (χ2n) is 2.64. The summed E-state index contributed by atoms with van der Waals surface area (Å²) in [5.41, 5.74) is 0. The quantitative estimate of drug-likeness (QED) is 0.647. The van der Waals surface area contributed by atoms with Gasteiger partial charge in [0.05, 0.1) is 0 Å². The molecule has 0 aromatic heterocycles. The Hall–Kier alpha value is -0.530. The van der Waals surface area contributed by atoms with Crippen molar-refractivity contribution in [2.45, 2.75) is 0 Å². The van der Waals surface area contributed by atoms with Crippen LogP contribution in [0.5, 0.6) is 0 Å². The maximum atomic E-state index is 5.86. The minimum atomic E-state index is 0.778. The summed E-state index contributed by atoms with van der Waals surface area (Å²) in [5, 5.41) is 3.15. The molecule has 0 heterocycles. The maximum Gasteiger partial charge on any atom is 0.0412 e. The SMILES string of the molecule is Clc1ccc2ccc(Br)cc2c1. The number of hydrogen-bond acceptors (Lipinski definition) is 0. The Morgan fingerprint density at radius 2 is 1.67 bits per heavy atom. The summed E-state index contributed by atoms with van der Waals surface area (Å²) in [5.74, 6) is 0. The van der Waals surface area contributed by atoms with Gasteiger partial charge in [-0.1, -0.05) is 39.7 Å². The molecule has 0 radical (unpaired) electrons. The van der Waals surface area contributed by atoms with Crippen molar-refractivity contribution < 1.29 is 0 Å². The van der Waals surface area contributed by atoms with Gasteiger partial charge in [-0.05, 0) is 35.0 Å². The van der Waals surface area contributed by atoms with Crippen LogP contribution in [0.15, 0.2) is 40.9 Å². The molecule has 0 unspecified atom stereocenters. The fourth-order valence-electron chi connectivity index (χ4n) is 1.19. The van der Waals surface area contributed by atoms with E-state index in [9.17, 15) is 0 Å². The molecule has 12 heavy (non-hydrogen) atoms. The molecule has 0 amide bonds. The highest BCUT2D eigenvalue weighted by atomic mass is 79.9. The van der Waals surface area contributed by atoms with Crippen molar-refractivity contribution in [3.8, 4) is 0 Å². The lowest BCUT2D eigenvalue weighted by Gasteiger charge is -1.98. The van der Waals surface area contributed by atoms with E-state index in [1.807, 2.05) is 24.3 Å². The first-order valence-electron chi connectivity index (χ1n) is 3.60. The third kappa shape index (κ3) is 1.47. The van der Waals surface area contributed by atoms with Crippen molar-refractivity contribution in [2.24, 2.45) is 0 Å². The van der Waals surface area contributed by atoms with E-state index in [1.165, 1.54) is 5.39 Å². The number of rotatable bonds is 0. The van der Waals surface area contributed by atoms with Gasteiger partial charge in [-0.3, -0.25) is 0 Å². The molecule has 0 fully saturated rings. The lowest BCUT2D eigenvalue weighted by molar-refractivity contribution is 1.70. The van der Waals surface area contributed by atoms with Crippen molar-refractivity contribution in [3.05, 3.63) is 45.9 Å². The van der Waals surface area contributed by atoms with Gasteiger partial charge in [-0.25, -0.2) is 0 Å². The Kier molecular flexibility index (Phi) is 2.07. The molecule has 0 saturated heterocycles. The minimum absolute atomic E-state index is 0.778. The molecule has 0 aliphatic rings. The molecule has 0 spiro atoms. The van der Waals surface area contributed by atoms with E-state index in [0.717, 1.165) is 14.9 Å². The van der Waals surface area contributed by atoms with Gasteiger partial charge in [0.2, 0.25) is 0 Å². The lowest BCUT2D eigenvalue weighted by Crippen LogP contribution is -1.72. The first kappa shape index (κ1) is 8.09. The second-order valence-corrected chi connectivity index (χ2v) is 3.99. The molecular weight excluding hydrogens is 235 g/mol. The van der Waals surface area contributed by atoms with Gasteiger partial charge in [0, 0.05) is 9.50 Å². The molecule has 0 bridgehead atoms. The Morgan fingerprint density at radius 1 is 0.917 bits per heavy atom. The molecule has 2 rings (SSSR count). The van der Waals surface area contributed by atoms with E-state index in [1.54, 1.807) is 0 Å². The fourth-order valence-corrected chi connectivity index (χ4v) is 1.75. The molecule has 60 valence electrons. The molecule has 0 nitrogen and oxygen atoms in total. The first-order valence-corrected chi connectivity index (χ1v) is 4.77. The van der Waals surface area contributed by atoms with E-state index in [0.29, 0.717) is 0 Å².